The zero-order valence-electron chi connectivity index (χ0n) is 10.3. The summed E-state index contributed by atoms with van der Waals surface area (Å²) in [7, 11) is 0. The number of alkyl halides is 2. The van der Waals surface area contributed by atoms with Crippen LogP contribution in [0.25, 0.3) is 0 Å². The Morgan fingerprint density at radius 3 is 2.78 bits per heavy atom. The van der Waals surface area contributed by atoms with Crippen molar-refractivity contribution in [1.82, 2.24) is 5.32 Å². The van der Waals surface area contributed by atoms with Crippen LogP contribution >= 0.6 is 0 Å². The van der Waals surface area contributed by atoms with Gasteiger partial charge in [-0.05, 0) is 24.6 Å². The third kappa shape index (κ3) is 4.71. The molecule has 0 aliphatic rings. The minimum absolute atomic E-state index is 0.0549. The zero-order valence-corrected chi connectivity index (χ0v) is 10.3. The Morgan fingerprint density at radius 2 is 2.17 bits per heavy atom. The SMILES string of the molecule is C=CCNCc1ccc(OC(F)F)c(OCC)c1. The van der Waals surface area contributed by atoms with Gasteiger partial charge in [0.2, 0.25) is 0 Å². The lowest BCUT2D eigenvalue weighted by molar-refractivity contribution is -0.0514. The summed E-state index contributed by atoms with van der Waals surface area (Å²) in [6.07, 6.45) is 1.75. The molecule has 100 valence electrons. The number of hydrogen-bond donors (Lipinski definition) is 1. The van der Waals surface area contributed by atoms with Crippen LogP contribution in [0.5, 0.6) is 11.5 Å². The molecule has 1 aromatic carbocycles. The van der Waals surface area contributed by atoms with E-state index < -0.39 is 6.61 Å². The summed E-state index contributed by atoms with van der Waals surface area (Å²) < 4.78 is 34.0. The van der Waals surface area contributed by atoms with Crippen molar-refractivity contribution >= 4 is 0 Å². The quantitative estimate of drug-likeness (QED) is 0.573. The maximum absolute atomic E-state index is 12.2. The smallest absolute Gasteiger partial charge is 0.387 e. The molecule has 0 saturated heterocycles. The molecule has 0 aliphatic heterocycles. The van der Waals surface area contributed by atoms with Crippen molar-refractivity contribution in [2.45, 2.75) is 20.1 Å². The maximum Gasteiger partial charge on any atom is 0.387 e. The molecule has 0 fully saturated rings. The molecule has 0 aliphatic carbocycles. The van der Waals surface area contributed by atoms with Gasteiger partial charge < -0.3 is 14.8 Å². The van der Waals surface area contributed by atoms with Crippen molar-refractivity contribution in [3.05, 3.63) is 36.4 Å². The topological polar surface area (TPSA) is 30.5 Å². The van der Waals surface area contributed by atoms with Gasteiger partial charge in [-0.15, -0.1) is 6.58 Å². The summed E-state index contributed by atoms with van der Waals surface area (Å²) in [6.45, 7) is 4.21. The first-order valence-corrected chi connectivity index (χ1v) is 5.69. The average molecular weight is 257 g/mol. The number of hydrogen-bond acceptors (Lipinski definition) is 3. The van der Waals surface area contributed by atoms with E-state index in [1.807, 2.05) is 0 Å². The molecule has 1 N–H and O–H groups in total. The second-order valence-electron chi connectivity index (χ2n) is 3.51. The largest absolute Gasteiger partial charge is 0.490 e. The second-order valence-corrected chi connectivity index (χ2v) is 3.51. The summed E-state index contributed by atoms with van der Waals surface area (Å²) in [4.78, 5) is 0. The number of ether oxygens (including phenoxy) is 2. The van der Waals surface area contributed by atoms with E-state index in [0.717, 1.165) is 5.56 Å². The van der Waals surface area contributed by atoms with Gasteiger partial charge in [-0.3, -0.25) is 0 Å². The lowest BCUT2D eigenvalue weighted by atomic mass is 10.2. The molecular formula is C13H17F2NO2. The van der Waals surface area contributed by atoms with E-state index in [1.165, 1.54) is 6.07 Å². The summed E-state index contributed by atoms with van der Waals surface area (Å²) in [5.41, 5.74) is 0.932. The Balaban J connectivity index is 2.77. The van der Waals surface area contributed by atoms with Crippen LogP contribution in [-0.2, 0) is 6.54 Å². The highest BCUT2D eigenvalue weighted by molar-refractivity contribution is 5.43. The zero-order chi connectivity index (χ0) is 13.4. The van der Waals surface area contributed by atoms with E-state index in [4.69, 9.17) is 4.74 Å². The highest BCUT2D eigenvalue weighted by Gasteiger charge is 2.11. The molecule has 0 radical (unpaired) electrons. The Hall–Kier alpha value is -1.62. The molecule has 0 aromatic heterocycles. The standard InChI is InChI=1S/C13H17F2NO2/c1-3-7-16-9-10-5-6-11(18-13(14)15)12(8-10)17-4-2/h3,5-6,8,13,16H,1,4,7,9H2,2H3. The first kappa shape index (κ1) is 14.4. The minimum Gasteiger partial charge on any atom is -0.490 e. The van der Waals surface area contributed by atoms with Gasteiger partial charge >= 0.3 is 6.61 Å². The summed E-state index contributed by atoms with van der Waals surface area (Å²) >= 11 is 0. The van der Waals surface area contributed by atoms with Crippen LogP contribution < -0.4 is 14.8 Å². The minimum atomic E-state index is -2.85. The molecule has 0 atom stereocenters. The van der Waals surface area contributed by atoms with Gasteiger partial charge in [0.15, 0.2) is 11.5 Å². The monoisotopic (exact) mass is 257 g/mol. The first-order valence-electron chi connectivity index (χ1n) is 5.69. The predicted octanol–water partition coefficient (Wildman–Crippen LogP) is 2.96. The second kappa shape index (κ2) is 7.66. The lowest BCUT2D eigenvalue weighted by Crippen LogP contribution is -2.13. The van der Waals surface area contributed by atoms with Gasteiger partial charge in [0.1, 0.15) is 0 Å². The highest BCUT2D eigenvalue weighted by Crippen LogP contribution is 2.29. The molecular weight excluding hydrogens is 240 g/mol. The lowest BCUT2D eigenvalue weighted by Gasteiger charge is -2.12. The number of halogens is 2. The van der Waals surface area contributed by atoms with E-state index in [0.29, 0.717) is 25.4 Å². The Kier molecular flexibility index (Phi) is 6.14. The van der Waals surface area contributed by atoms with E-state index in [2.05, 4.69) is 16.6 Å². The van der Waals surface area contributed by atoms with E-state index >= 15 is 0 Å². The summed E-state index contributed by atoms with van der Waals surface area (Å²) in [5, 5.41) is 3.12. The van der Waals surface area contributed by atoms with Crippen LogP contribution in [0, 0.1) is 0 Å². The number of benzene rings is 1. The molecule has 1 rings (SSSR count). The first-order chi connectivity index (χ1) is 8.67. The molecule has 0 spiro atoms. The molecule has 0 unspecified atom stereocenters. The van der Waals surface area contributed by atoms with Crippen molar-refractivity contribution < 1.29 is 18.3 Å². The predicted molar refractivity (Wildman–Crippen MR) is 66.1 cm³/mol. The van der Waals surface area contributed by atoms with Crippen molar-refractivity contribution in [3.8, 4) is 11.5 Å². The van der Waals surface area contributed by atoms with Crippen LogP contribution in [0.4, 0.5) is 8.78 Å². The van der Waals surface area contributed by atoms with E-state index in [9.17, 15) is 8.78 Å². The van der Waals surface area contributed by atoms with Gasteiger partial charge in [-0.25, -0.2) is 0 Å². The Morgan fingerprint density at radius 1 is 1.39 bits per heavy atom. The van der Waals surface area contributed by atoms with E-state index in [1.54, 1.807) is 25.1 Å². The molecule has 0 heterocycles. The van der Waals surface area contributed by atoms with Gasteiger partial charge in [0.05, 0.1) is 6.61 Å². The van der Waals surface area contributed by atoms with Crippen LogP contribution in [0.2, 0.25) is 0 Å². The van der Waals surface area contributed by atoms with Crippen molar-refractivity contribution in [2.75, 3.05) is 13.2 Å². The Bertz CT molecular complexity index is 383. The summed E-state index contributed by atoms with van der Waals surface area (Å²) in [5.74, 6) is 0.384. The van der Waals surface area contributed by atoms with Crippen LogP contribution in [0.15, 0.2) is 30.9 Å². The number of rotatable bonds is 8. The Labute approximate surface area is 105 Å². The van der Waals surface area contributed by atoms with Crippen LogP contribution in [0.3, 0.4) is 0 Å². The molecule has 0 amide bonds. The molecule has 5 heteroatoms. The third-order valence-corrected chi connectivity index (χ3v) is 2.14. The van der Waals surface area contributed by atoms with Crippen LogP contribution in [0.1, 0.15) is 12.5 Å². The number of nitrogens with one attached hydrogen (secondary N) is 1. The third-order valence-electron chi connectivity index (χ3n) is 2.14. The van der Waals surface area contributed by atoms with E-state index in [-0.39, 0.29) is 5.75 Å². The van der Waals surface area contributed by atoms with Crippen molar-refractivity contribution in [1.29, 1.82) is 0 Å². The molecule has 3 nitrogen and oxygen atoms in total. The van der Waals surface area contributed by atoms with Gasteiger partial charge in [-0.2, -0.15) is 8.78 Å². The van der Waals surface area contributed by atoms with Gasteiger partial charge in [-0.1, -0.05) is 12.1 Å². The normalized spacial score (nSPS) is 10.4. The molecule has 18 heavy (non-hydrogen) atoms. The van der Waals surface area contributed by atoms with Crippen molar-refractivity contribution in [2.24, 2.45) is 0 Å². The maximum atomic E-state index is 12.2. The van der Waals surface area contributed by atoms with Crippen molar-refractivity contribution in [3.63, 3.8) is 0 Å². The average Bonchev–Trinajstić information content (AvgIpc) is 2.32. The fraction of sp³-hybridized carbons (Fsp3) is 0.385. The fourth-order valence-electron chi connectivity index (χ4n) is 1.44. The molecule has 0 bridgehead atoms. The molecule has 0 saturated carbocycles. The van der Waals surface area contributed by atoms with Crippen LogP contribution in [-0.4, -0.2) is 19.8 Å². The highest BCUT2D eigenvalue weighted by atomic mass is 19.3. The molecule has 1 aromatic rings. The summed E-state index contributed by atoms with van der Waals surface area (Å²) in [6, 6.07) is 4.90. The van der Waals surface area contributed by atoms with Gasteiger partial charge in [0, 0.05) is 13.1 Å². The fourth-order valence-corrected chi connectivity index (χ4v) is 1.44. The van der Waals surface area contributed by atoms with Gasteiger partial charge in [0.25, 0.3) is 0 Å².